The molecule has 2 saturated heterocycles. The second-order valence-electron chi connectivity index (χ2n) is 9.20. The summed E-state index contributed by atoms with van der Waals surface area (Å²) >= 11 is 1.33. The van der Waals surface area contributed by atoms with Crippen molar-refractivity contribution >= 4 is 40.4 Å². The molecule has 0 spiro atoms. The van der Waals surface area contributed by atoms with Gasteiger partial charge in [-0.25, -0.2) is 9.80 Å². The van der Waals surface area contributed by atoms with Crippen LogP contribution >= 0.6 is 11.3 Å². The molecule has 1 unspecified atom stereocenters. The molecular formula is C25H27N7O4S. The van der Waals surface area contributed by atoms with E-state index in [-0.39, 0.29) is 11.7 Å². The highest BCUT2D eigenvalue weighted by molar-refractivity contribution is 7.15. The average Bonchev–Trinajstić information content (AvgIpc) is 3.56. The van der Waals surface area contributed by atoms with E-state index in [1.807, 2.05) is 17.0 Å². The van der Waals surface area contributed by atoms with Crippen molar-refractivity contribution in [2.24, 2.45) is 10.2 Å². The van der Waals surface area contributed by atoms with Gasteiger partial charge in [-0.2, -0.15) is 10.2 Å². The molecule has 3 N–H and O–H groups in total. The van der Waals surface area contributed by atoms with Crippen LogP contribution in [-0.2, 0) is 4.74 Å². The number of hydrazine groups is 1. The Kier molecular flexibility index (Phi) is 6.55. The van der Waals surface area contributed by atoms with Crippen LogP contribution in [0.5, 0.6) is 0 Å². The fourth-order valence-corrected chi connectivity index (χ4v) is 6.01. The molecule has 4 aliphatic rings. The van der Waals surface area contributed by atoms with Crippen molar-refractivity contribution in [1.29, 1.82) is 0 Å². The van der Waals surface area contributed by atoms with Crippen LogP contribution in [0.25, 0.3) is 5.70 Å². The normalized spacial score (nSPS) is 21.6. The molecular weight excluding hydrogens is 494 g/mol. The van der Waals surface area contributed by atoms with Gasteiger partial charge in [0.2, 0.25) is 0 Å². The maximum absolute atomic E-state index is 13.6. The van der Waals surface area contributed by atoms with Crippen LogP contribution in [0.15, 0.2) is 46.1 Å². The molecule has 12 heteroatoms. The highest BCUT2D eigenvalue weighted by Crippen LogP contribution is 2.49. The molecule has 0 radical (unpaired) electrons. The summed E-state index contributed by atoms with van der Waals surface area (Å²) in [6, 6.07) is 8.06. The summed E-state index contributed by atoms with van der Waals surface area (Å²) in [5.41, 5.74) is 5.36. The Bertz CT molecular complexity index is 1310. The first kappa shape index (κ1) is 23.9. The Hall–Kier alpha value is -3.45. The van der Waals surface area contributed by atoms with E-state index in [1.54, 1.807) is 23.2 Å². The zero-order valence-corrected chi connectivity index (χ0v) is 21.0. The fourth-order valence-electron chi connectivity index (χ4n) is 5.03. The summed E-state index contributed by atoms with van der Waals surface area (Å²) in [6.45, 7) is 5.37. The standard InChI is InChI=1S/C25H27N7O4S/c33-23-19-15(3-1-4-16(19)27-25(35)30-32-11-13-36-14-12-32)21-20(23)22(29-28-21)17-5-6-18(37-17)24(34)31-9-2-7-26-8-10-31/h1,3-6,21,26H,2,7-14H2,(H2,27,30,35). The number of rotatable bonds is 4. The van der Waals surface area contributed by atoms with Gasteiger partial charge in [-0.05, 0) is 36.7 Å². The first-order valence-corrected chi connectivity index (χ1v) is 13.2. The fraction of sp³-hybridized carbons (Fsp3) is 0.400. The molecule has 0 saturated carbocycles. The minimum atomic E-state index is -0.514. The van der Waals surface area contributed by atoms with Gasteiger partial charge in [0.15, 0.2) is 5.78 Å². The zero-order valence-electron chi connectivity index (χ0n) is 20.2. The minimum absolute atomic E-state index is 0.00385. The van der Waals surface area contributed by atoms with Crippen molar-refractivity contribution in [3.63, 3.8) is 0 Å². The number of carbonyl (C=O) groups excluding carboxylic acids is 3. The maximum atomic E-state index is 13.6. The summed E-state index contributed by atoms with van der Waals surface area (Å²) in [5, 5.41) is 16.7. The number of morpholine rings is 1. The number of nitrogens with zero attached hydrogens (tertiary/aromatic N) is 4. The summed E-state index contributed by atoms with van der Waals surface area (Å²) in [6.07, 6.45) is 0.919. The molecule has 2 fully saturated rings. The number of azo groups is 1. The molecule has 4 heterocycles. The summed E-state index contributed by atoms with van der Waals surface area (Å²) in [5.74, 6) is -0.210. The third kappa shape index (κ3) is 4.57. The first-order valence-electron chi connectivity index (χ1n) is 12.4. The molecule has 2 aromatic rings. The number of hydrogen-bond donors (Lipinski definition) is 3. The van der Waals surface area contributed by atoms with E-state index in [0.717, 1.165) is 30.9 Å². The van der Waals surface area contributed by atoms with Crippen molar-refractivity contribution in [1.82, 2.24) is 20.7 Å². The van der Waals surface area contributed by atoms with Gasteiger partial charge >= 0.3 is 6.03 Å². The number of ether oxygens (including phenoxy) is 1. The van der Waals surface area contributed by atoms with Crippen LogP contribution in [0.2, 0.25) is 0 Å². The SMILES string of the molecule is O=C(Nc1cccc2c1C(=O)C1=C(c3ccc(C(=O)N4CCCNCC4)s3)N=NC12)NN1CCOCC1. The quantitative estimate of drug-likeness (QED) is 0.568. The summed E-state index contributed by atoms with van der Waals surface area (Å²) in [4.78, 5) is 42.5. The molecule has 6 rings (SSSR count). The van der Waals surface area contributed by atoms with E-state index in [4.69, 9.17) is 4.74 Å². The van der Waals surface area contributed by atoms with Gasteiger partial charge in [-0.3, -0.25) is 15.0 Å². The Labute approximate surface area is 217 Å². The highest BCUT2D eigenvalue weighted by atomic mass is 32.1. The topological polar surface area (TPSA) is 128 Å². The lowest BCUT2D eigenvalue weighted by Crippen LogP contribution is -2.49. The lowest BCUT2D eigenvalue weighted by Gasteiger charge is -2.27. The number of urea groups is 1. The second kappa shape index (κ2) is 10.1. The number of benzene rings is 1. The van der Waals surface area contributed by atoms with Crippen molar-refractivity contribution in [2.45, 2.75) is 12.5 Å². The van der Waals surface area contributed by atoms with Crippen LogP contribution in [-0.4, -0.2) is 80.1 Å². The number of ketones is 1. The van der Waals surface area contributed by atoms with Gasteiger partial charge in [0, 0.05) is 32.7 Å². The van der Waals surface area contributed by atoms with E-state index in [0.29, 0.717) is 65.8 Å². The largest absolute Gasteiger partial charge is 0.379 e. The number of thiophene rings is 1. The lowest BCUT2D eigenvalue weighted by atomic mass is 10.1. The van der Waals surface area contributed by atoms with Crippen molar-refractivity contribution in [3.05, 3.63) is 56.8 Å². The van der Waals surface area contributed by atoms with Crippen LogP contribution in [0.1, 0.15) is 42.9 Å². The Morgan fingerprint density at radius 2 is 1.95 bits per heavy atom. The number of carbonyl (C=O) groups is 3. The smallest absolute Gasteiger partial charge is 0.333 e. The molecule has 1 aromatic carbocycles. The number of fused-ring (bicyclic) bond motifs is 3. The first-order chi connectivity index (χ1) is 18.1. The number of Topliss-reactive ketones (excluding diaryl/α,β-unsaturated/α-hetero) is 1. The Balaban J connectivity index is 1.23. The molecule has 11 nitrogen and oxygen atoms in total. The summed E-state index contributed by atoms with van der Waals surface area (Å²) < 4.78 is 5.31. The number of hydrogen-bond acceptors (Lipinski definition) is 9. The molecule has 1 atom stereocenters. The van der Waals surface area contributed by atoms with Gasteiger partial charge in [-0.15, -0.1) is 11.3 Å². The van der Waals surface area contributed by atoms with Gasteiger partial charge in [0.05, 0.1) is 39.8 Å². The highest BCUT2D eigenvalue weighted by Gasteiger charge is 2.42. The van der Waals surface area contributed by atoms with Gasteiger partial charge in [0.25, 0.3) is 5.91 Å². The minimum Gasteiger partial charge on any atom is -0.379 e. The van der Waals surface area contributed by atoms with Crippen molar-refractivity contribution < 1.29 is 19.1 Å². The summed E-state index contributed by atoms with van der Waals surface area (Å²) in [7, 11) is 0. The number of amides is 3. The molecule has 3 aliphatic heterocycles. The van der Waals surface area contributed by atoms with Crippen LogP contribution in [0.4, 0.5) is 10.5 Å². The van der Waals surface area contributed by atoms with E-state index in [9.17, 15) is 14.4 Å². The van der Waals surface area contributed by atoms with Gasteiger partial charge < -0.3 is 20.3 Å². The predicted molar refractivity (Wildman–Crippen MR) is 138 cm³/mol. The van der Waals surface area contributed by atoms with Crippen molar-refractivity contribution in [3.8, 4) is 0 Å². The van der Waals surface area contributed by atoms with Gasteiger partial charge in [0.1, 0.15) is 11.7 Å². The van der Waals surface area contributed by atoms with E-state index >= 15 is 0 Å². The van der Waals surface area contributed by atoms with E-state index in [1.165, 1.54) is 11.3 Å². The van der Waals surface area contributed by atoms with Crippen LogP contribution < -0.4 is 16.1 Å². The molecule has 1 aromatic heterocycles. The zero-order chi connectivity index (χ0) is 25.4. The molecule has 0 bridgehead atoms. The van der Waals surface area contributed by atoms with E-state index < -0.39 is 12.1 Å². The third-order valence-corrected chi connectivity index (χ3v) is 7.94. The van der Waals surface area contributed by atoms with Crippen molar-refractivity contribution in [2.75, 3.05) is 57.8 Å². The average molecular weight is 522 g/mol. The lowest BCUT2D eigenvalue weighted by molar-refractivity contribution is 0.0207. The Morgan fingerprint density at radius 1 is 1.08 bits per heavy atom. The molecule has 37 heavy (non-hydrogen) atoms. The molecule has 192 valence electrons. The molecule has 3 amide bonds. The number of anilines is 1. The van der Waals surface area contributed by atoms with E-state index in [2.05, 4.69) is 26.3 Å². The number of nitrogens with one attached hydrogen (secondary N) is 3. The maximum Gasteiger partial charge on any atom is 0.333 e. The van der Waals surface area contributed by atoms with Crippen LogP contribution in [0, 0.1) is 0 Å². The van der Waals surface area contributed by atoms with Crippen LogP contribution in [0.3, 0.4) is 0 Å². The monoisotopic (exact) mass is 521 g/mol. The molecule has 1 aliphatic carbocycles. The van der Waals surface area contributed by atoms with Gasteiger partial charge in [-0.1, -0.05) is 12.1 Å². The third-order valence-electron chi connectivity index (χ3n) is 6.86. The Morgan fingerprint density at radius 3 is 2.81 bits per heavy atom. The second-order valence-corrected chi connectivity index (χ2v) is 10.3. The predicted octanol–water partition coefficient (Wildman–Crippen LogP) is 2.67.